The molecular formula is C14H21BN2O2. The number of hydrogen-bond donors (Lipinski definition) is 1. The summed E-state index contributed by atoms with van der Waals surface area (Å²) >= 11 is 0. The van der Waals surface area contributed by atoms with Gasteiger partial charge in [-0.2, -0.15) is 0 Å². The van der Waals surface area contributed by atoms with E-state index in [0.29, 0.717) is 5.82 Å². The highest BCUT2D eigenvalue weighted by Crippen LogP contribution is 2.36. The van der Waals surface area contributed by atoms with Crippen molar-refractivity contribution in [2.45, 2.75) is 45.8 Å². The van der Waals surface area contributed by atoms with Crippen molar-refractivity contribution in [1.29, 1.82) is 0 Å². The van der Waals surface area contributed by atoms with Crippen molar-refractivity contribution in [3.8, 4) is 0 Å². The Kier molecular flexibility index (Phi) is 3.45. The van der Waals surface area contributed by atoms with E-state index in [4.69, 9.17) is 15.0 Å². The van der Waals surface area contributed by atoms with Gasteiger partial charge in [-0.15, -0.1) is 0 Å². The van der Waals surface area contributed by atoms with E-state index in [2.05, 4.69) is 4.98 Å². The summed E-state index contributed by atoms with van der Waals surface area (Å²) in [6.07, 6.45) is 1.88. The van der Waals surface area contributed by atoms with Gasteiger partial charge in [-0.25, -0.2) is 4.98 Å². The third-order valence-electron chi connectivity index (χ3n) is 3.70. The van der Waals surface area contributed by atoms with Crippen LogP contribution >= 0.6 is 0 Å². The molecule has 0 amide bonds. The Morgan fingerprint density at radius 2 is 1.74 bits per heavy atom. The fourth-order valence-corrected chi connectivity index (χ4v) is 1.95. The first-order valence-corrected chi connectivity index (χ1v) is 6.48. The Labute approximate surface area is 115 Å². The van der Waals surface area contributed by atoms with Crippen LogP contribution in [0.2, 0.25) is 0 Å². The fraction of sp³-hybridized carbons (Fsp3) is 0.500. The quantitative estimate of drug-likeness (QED) is 0.830. The molecule has 2 N–H and O–H groups in total. The van der Waals surface area contributed by atoms with Gasteiger partial charge in [-0.1, -0.05) is 5.98 Å². The lowest BCUT2D eigenvalue weighted by atomic mass is 9.89. The molecular weight excluding hydrogens is 239 g/mol. The van der Waals surface area contributed by atoms with Crippen molar-refractivity contribution in [1.82, 2.24) is 4.98 Å². The molecule has 2 rings (SSSR count). The molecule has 0 unspecified atom stereocenters. The van der Waals surface area contributed by atoms with E-state index in [0.717, 1.165) is 11.3 Å². The van der Waals surface area contributed by atoms with Crippen LogP contribution in [-0.2, 0) is 9.31 Å². The second-order valence-corrected chi connectivity index (χ2v) is 5.98. The van der Waals surface area contributed by atoms with Gasteiger partial charge >= 0.3 is 7.12 Å². The molecule has 1 aliphatic heterocycles. The van der Waals surface area contributed by atoms with Gasteiger partial charge in [0.05, 0.1) is 16.9 Å². The van der Waals surface area contributed by atoms with Crippen molar-refractivity contribution in [3.63, 3.8) is 0 Å². The highest BCUT2D eigenvalue weighted by Gasteiger charge is 2.49. The summed E-state index contributed by atoms with van der Waals surface area (Å²) in [5.41, 5.74) is 6.98. The van der Waals surface area contributed by atoms with Crippen molar-refractivity contribution < 1.29 is 9.31 Å². The molecule has 1 saturated heterocycles. The topological polar surface area (TPSA) is 57.4 Å². The first-order valence-electron chi connectivity index (χ1n) is 6.48. The third-order valence-corrected chi connectivity index (χ3v) is 3.70. The number of rotatable bonds is 2. The van der Waals surface area contributed by atoms with Crippen LogP contribution in [0.1, 0.15) is 39.0 Å². The van der Waals surface area contributed by atoms with Crippen LogP contribution in [-0.4, -0.2) is 23.3 Å². The minimum Gasteiger partial charge on any atom is -0.400 e. The molecule has 1 aromatic rings. The normalized spacial score (nSPS) is 21.2. The molecule has 102 valence electrons. The zero-order valence-corrected chi connectivity index (χ0v) is 12.2. The van der Waals surface area contributed by atoms with Crippen LogP contribution in [0.25, 0.3) is 6.08 Å². The van der Waals surface area contributed by atoms with E-state index >= 15 is 0 Å². The average molecular weight is 260 g/mol. The fourth-order valence-electron chi connectivity index (χ4n) is 1.95. The van der Waals surface area contributed by atoms with Crippen molar-refractivity contribution in [3.05, 3.63) is 29.4 Å². The summed E-state index contributed by atoms with van der Waals surface area (Å²) in [6.45, 7) is 10.1. The summed E-state index contributed by atoms with van der Waals surface area (Å²) < 4.78 is 11.8. The Bertz CT molecular complexity index is 476. The maximum absolute atomic E-state index is 5.88. The van der Waals surface area contributed by atoms with Gasteiger partial charge in [0.2, 0.25) is 0 Å². The summed E-state index contributed by atoms with van der Waals surface area (Å²) in [4.78, 5) is 4.25. The third kappa shape index (κ3) is 2.99. The van der Waals surface area contributed by atoms with Gasteiger partial charge in [0.25, 0.3) is 0 Å². The Morgan fingerprint density at radius 1 is 1.16 bits per heavy atom. The molecule has 2 heterocycles. The van der Waals surface area contributed by atoms with E-state index in [-0.39, 0.29) is 18.3 Å². The van der Waals surface area contributed by atoms with Crippen LogP contribution in [0.5, 0.6) is 0 Å². The molecule has 0 radical (unpaired) electrons. The molecule has 1 aliphatic rings. The van der Waals surface area contributed by atoms with Crippen molar-refractivity contribution in [2.75, 3.05) is 5.73 Å². The summed E-state index contributed by atoms with van der Waals surface area (Å²) in [5, 5.41) is 0. The standard InChI is InChI=1S/C14H21BN2O2/c1-10-8-11(17-12(16)9-10)6-7-15-18-13(2,3)14(4,5)19-15/h6-9H,1-5H3,(H2,16,17)/b7-6+. The SMILES string of the molecule is Cc1cc(N)nc(/C=C/B2OC(C)(C)C(C)(C)O2)c1. The number of anilines is 1. The maximum atomic E-state index is 5.88. The Hall–Kier alpha value is -1.33. The monoisotopic (exact) mass is 260 g/mol. The molecule has 5 heteroatoms. The van der Waals surface area contributed by atoms with Gasteiger partial charge in [0.1, 0.15) is 5.82 Å². The Morgan fingerprint density at radius 3 is 2.26 bits per heavy atom. The summed E-state index contributed by atoms with van der Waals surface area (Å²) in [5.74, 6) is 2.39. The van der Waals surface area contributed by atoms with E-state index in [1.54, 1.807) is 0 Å². The molecule has 19 heavy (non-hydrogen) atoms. The van der Waals surface area contributed by atoms with E-state index < -0.39 is 0 Å². The summed E-state index contributed by atoms with van der Waals surface area (Å²) in [6, 6.07) is 3.81. The molecule has 0 atom stereocenters. The van der Waals surface area contributed by atoms with Crippen LogP contribution in [0.4, 0.5) is 5.82 Å². The van der Waals surface area contributed by atoms with Crippen LogP contribution in [0, 0.1) is 6.92 Å². The molecule has 0 saturated carbocycles. The number of pyridine rings is 1. The number of nitrogens with two attached hydrogens (primary N) is 1. The van der Waals surface area contributed by atoms with E-state index in [1.165, 1.54) is 0 Å². The zero-order valence-electron chi connectivity index (χ0n) is 12.2. The second-order valence-electron chi connectivity index (χ2n) is 5.98. The molecule has 0 aromatic carbocycles. The highest BCUT2D eigenvalue weighted by atomic mass is 16.7. The molecule has 4 nitrogen and oxygen atoms in total. The van der Waals surface area contributed by atoms with Crippen molar-refractivity contribution in [2.24, 2.45) is 0 Å². The second kappa shape index (κ2) is 4.65. The van der Waals surface area contributed by atoms with Crippen molar-refractivity contribution >= 4 is 19.0 Å². The first kappa shape index (κ1) is 14.1. The van der Waals surface area contributed by atoms with Gasteiger partial charge in [0, 0.05) is 0 Å². The lowest BCUT2D eigenvalue weighted by Crippen LogP contribution is -2.41. The van der Waals surface area contributed by atoms with Crippen LogP contribution < -0.4 is 5.73 Å². The van der Waals surface area contributed by atoms with Gasteiger partial charge < -0.3 is 15.0 Å². The molecule has 1 fully saturated rings. The molecule has 0 aliphatic carbocycles. The molecule has 0 spiro atoms. The predicted octanol–water partition coefficient (Wildman–Crippen LogP) is 2.62. The Balaban J connectivity index is 2.12. The van der Waals surface area contributed by atoms with Gasteiger partial charge in [-0.05, 0) is 58.4 Å². The van der Waals surface area contributed by atoms with E-state index in [1.807, 2.05) is 58.8 Å². The number of aromatic nitrogens is 1. The van der Waals surface area contributed by atoms with E-state index in [9.17, 15) is 0 Å². The lowest BCUT2D eigenvalue weighted by molar-refractivity contribution is 0.00578. The number of hydrogen-bond acceptors (Lipinski definition) is 4. The smallest absolute Gasteiger partial charge is 0.400 e. The van der Waals surface area contributed by atoms with Crippen LogP contribution in [0.15, 0.2) is 18.1 Å². The predicted molar refractivity (Wildman–Crippen MR) is 78.5 cm³/mol. The average Bonchev–Trinajstić information content (AvgIpc) is 2.43. The minimum absolute atomic E-state index is 0.318. The lowest BCUT2D eigenvalue weighted by Gasteiger charge is -2.32. The maximum Gasteiger partial charge on any atom is 0.487 e. The number of nitrogens with zero attached hydrogens (tertiary/aromatic N) is 1. The van der Waals surface area contributed by atoms with Gasteiger partial charge in [0.15, 0.2) is 0 Å². The first-order chi connectivity index (χ1) is 8.69. The number of aryl methyl sites for hydroxylation is 1. The zero-order chi connectivity index (χ0) is 14.3. The number of nitrogen functional groups attached to an aromatic ring is 1. The van der Waals surface area contributed by atoms with Gasteiger partial charge in [-0.3, -0.25) is 0 Å². The largest absolute Gasteiger partial charge is 0.487 e. The summed E-state index contributed by atoms with van der Waals surface area (Å²) in [7, 11) is -0.353. The molecule has 1 aromatic heterocycles. The highest BCUT2D eigenvalue weighted by molar-refractivity contribution is 6.52. The minimum atomic E-state index is -0.353. The molecule has 0 bridgehead atoms. The van der Waals surface area contributed by atoms with Crippen LogP contribution in [0.3, 0.4) is 0 Å².